The van der Waals surface area contributed by atoms with Crippen LogP contribution in [-0.2, 0) is 4.74 Å². The minimum atomic E-state index is -0.486. The Morgan fingerprint density at radius 2 is 1.79 bits per heavy atom. The first kappa shape index (κ1) is 13.7. The molecule has 14 heavy (non-hydrogen) atoms. The van der Waals surface area contributed by atoms with Gasteiger partial charge in [0.2, 0.25) is 0 Å². The largest absolute Gasteiger partial charge is 0.368 e. The molecule has 0 aromatic heterocycles. The molecule has 84 valence electrons. The average Bonchev–Trinajstić information content (AvgIpc) is 2.86. The van der Waals surface area contributed by atoms with Crippen molar-refractivity contribution in [3.05, 3.63) is 12.2 Å². The third-order valence-corrected chi connectivity index (χ3v) is 2.26. The summed E-state index contributed by atoms with van der Waals surface area (Å²) >= 11 is 0. The Hall–Kier alpha value is -0.340. The van der Waals surface area contributed by atoms with E-state index in [1.165, 1.54) is 19.3 Å². The van der Waals surface area contributed by atoms with Gasteiger partial charge in [-0.15, -0.1) is 0 Å². The summed E-state index contributed by atoms with van der Waals surface area (Å²) in [6.45, 7) is 6.71. The quantitative estimate of drug-likeness (QED) is 0.609. The highest BCUT2D eigenvalue weighted by atomic mass is 16.6. The SMILES string of the molecule is C1=CCCC1.CC.CC1CCOC1O. The average molecular weight is 200 g/mol. The van der Waals surface area contributed by atoms with Crippen molar-refractivity contribution in [3.63, 3.8) is 0 Å². The number of hydrogen-bond donors (Lipinski definition) is 1. The van der Waals surface area contributed by atoms with Gasteiger partial charge < -0.3 is 9.84 Å². The van der Waals surface area contributed by atoms with Crippen molar-refractivity contribution in [2.24, 2.45) is 5.92 Å². The topological polar surface area (TPSA) is 29.5 Å². The number of allylic oxidation sites excluding steroid dienone is 2. The smallest absolute Gasteiger partial charge is 0.157 e. The molecule has 2 heteroatoms. The molecule has 1 heterocycles. The van der Waals surface area contributed by atoms with E-state index in [9.17, 15) is 0 Å². The molecule has 2 atom stereocenters. The van der Waals surface area contributed by atoms with E-state index in [2.05, 4.69) is 12.2 Å². The summed E-state index contributed by atoms with van der Waals surface area (Å²) in [7, 11) is 0. The Morgan fingerprint density at radius 1 is 1.21 bits per heavy atom. The zero-order valence-corrected chi connectivity index (χ0v) is 9.70. The molecule has 1 fully saturated rings. The van der Waals surface area contributed by atoms with Crippen molar-refractivity contribution in [1.29, 1.82) is 0 Å². The maximum Gasteiger partial charge on any atom is 0.157 e. The van der Waals surface area contributed by atoms with E-state index in [1.807, 2.05) is 20.8 Å². The fourth-order valence-corrected chi connectivity index (χ4v) is 1.27. The maximum atomic E-state index is 8.78. The maximum absolute atomic E-state index is 8.78. The molecule has 0 bridgehead atoms. The highest BCUT2D eigenvalue weighted by Crippen LogP contribution is 2.16. The summed E-state index contributed by atoms with van der Waals surface area (Å²) in [6.07, 6.45) is 9.02. The molecule has 2 unspecified atom stereocenters. The van der Waals surface area contributed by atoms with Crippen molar-refractivity contribution in [1.82, 2.24) is 0 Å². The van der Waals surface area contributed by atoms with Crippen molar-refractivity contribution in [2.45, 2.75) is 52.7 Å². The molecule has 2 rings (SSSR count). The van der Waals surface area contributed by atoms with Gasteiger partial charge in [-0.3, -0.25) is 0 Å². The number of hydrogen-bond acceptors (Lipinski definition) is 2. The van der Waals surface area contributed by atoms with Crippen LogP contribution in [0.15, 0.2) is 12.2 Å². The first-order valence-electron chi connectivity index (χ1n) is 5.75. The van der Waals surface area contributed by atoms with E-state index < -0.39 is 6.29 Å². The lowest BCUT2D eigenvalue weighted by Gasteiger charge is -2.03. The number of rotatable bonds is 0. The molecular weight excluding hydrogens is 176 g/mol. The summed E-state index contributed by atoms with van der Waals surface area (Å²) in [4.78, 5) is 0. The van der Waals surface area contributed by atoms with Crippen LogP contribution < -0.4 is 0 Å². The van der Waals surface area contributed by atoms with Crippen LogP contribution in [0.1, 0.15) is 46.5 Å². The monoisotopic (exact) mass is 200 g/mol. The molecule has 0 radical (unpaired) electrons. The Bertz CT molecular complexity index is 129. The minimum absolute atomic E-state index is 0.347. The Morgan fingerprint density at radius 3 is 1.93 bits per heavy atom. The summed E-state index contributed by atoms with van der Waals surface area (Å²) in [6, 6.07) is 0. The Labute approximate surface area is 88.0 Å². The van der Waals surface area contributed by atoms with Crippen LogP contribution in [0.3, 0.4) is 0 Å². The standard InChI is InChI=1S/C5H10O2.C5H8.C2H6/c1-4-2-3-7-5(4)6;1-2-4-5-3-1;1-2/h4-6H,2-3H2,1H3;1-2H,3-5H2;1-2H3. The van der Waals surface area contributed by atoms with Crippen molar-refractivity contribution in [2.75, 3.05) is 6.61 Å². The summed E-state index contributed by atoms with van der Waals surface area (Å²) in [5.74, 6) is 0.347. The molecular formula is C12H24O2. The summed E-state index contributed by atoms with van der Waals surface area (Å²) < 4.78 is 4.82. The lowest BCUT2D eigenvalue weighted by molar-refractivity contribution is -0.0786. The predicted molar refractivity (Wildman–Crippen MR) is 60.1 cm³/mol. The van der Waals surface area contributed by atoms with Crippen LogP contribution in [-0.4, -0.2) is 18.0 Å². The van der Waals surface area contributed by atoms with Gasteiger partial charge in [-0.1, -0.05) is 32.9 Å². The highest BCUT2D eigenvalue weighted by molar-refractivity contribution is 4.88. The number of aliphatic hydroxyl groups is 1. The zero-order chi connectivity index (χ0) is 10.8. The number of ether oxygens (including phenoxy) is 1. The summed E-state index contributed by atoms with van der Waals surface area (Å²) in [5.41, 5.74) is 0. The lowest BCUT2D eigenvalue weighted by Crippen LogP contribution is -2.10. The molecule has 2 nitrogen and oxygen atoms in total. The zero-order valence-electron chi connectivity index (χ0n) is 9.70. The van der Waals surface area contributed by atoms with Gasteiger partial charge in [0.25, 0.3) is 0 Å². The molecule has 0 spiro atoms. The Kier molecular flexibility index (Phi) is 9.00. The molecule has 0 amide bonds. The van der Waals surface area contributed by atoms with Crippen LogP contribution in [0.5, 0.6) is 0 Å². The van der Waals surface area contributed by atoms with Crippen molar-refractivity contribution in [3.8, 4) is 0 Å². The first-order valence-corrected chi connectivity index (χ1v) is 5.75. The molecule has 0 saturated carbocycles. The second kappa shape index (κ2) is 9.22. The van der Waals surface area contributed by atoms with Crippen LogP contribution in [0, 0.1) is 5.92 Å². The van der Waals surface area contributed by atoms with E-state index >= 15 is 0 Å². The van der Waals surface area contributed by atoms with E-state index in [-0.39, 0.29) is 0 Å². The van der Waals surface area contributed by atoms with Gasteiger partial charge in [0.1, 0.15) is 0 Å². The highest BCUT2D eigenvalue weighted by Gasteiger charge is 2.20. The van der Waals surface area contributed by atoms with Gasteiger partial charge >= 0.3 is 0 Å². The van der Waals surface area contributed by atoms with E-state index in [0.717, 1.165) is 13.0 Å². The number of aliphatic hydroxyl groups excluding tert-OH is 1. The molecule has 1 N–H and O–H groups in total. The second-order valence-corrected chi connectivity index (χ2v) is 3.43. The van der Waals surface area contributed by atoms with Gasteiger partial charge in [0.05, 0.1) is 6.61 Å². The van der Waals surface area contributed by atoms with Gasteiger partial charge in [-0.05, 0) is 25.7 Å². The van der Waals surface area contributed by atoms with Crippen LogP contribution in [0.25, 0.3) is 0 Å². The van der Waals surface area contributed by atoms with Crippen molar-refractivity contribution < 1.29 is 9.84 Å². The molecule has 1 saturated heterocycles. The third kappa shape index (κ3) is 6.17. The minimum Gasteiger partial charge on any atom is -0.368 e. The van der Waals surface area contributed by atoms with Gasteiger partial charge in [-0.25, -0.2) is 0 Å². The summed E-state index contributed by atoms with van der Waals surface area (Å²) in [5, 5.41) is 8.78. The van der Waals surface area contributed by atoms with E-state index in [1.54, 1.807) is 0 Å². The van der Waals surface area contributed by atoms with Crippen LogP contribution in [0.4, 0.5) is 0 Å². The fourth-order valence-electron chi connectivity index (χ4n) is 1.27. The van der Waals surface area contributed by atoms with Gasteiger partial charge in [0.15, 0.2) is 6.29 Å². The normalized spacial score (nSPS) is 28.9. The third-order valence-electron chi connectivity index (χ3n) is 2.26. The second-order valence-electron chi connectivity index (χ2n) is 3.43. The molecule has 0 aromatic rings. The Balaban J connectivity index is 0.000000213. The van der Waals surface area contributed by atoms with Crippen molar-refractivity contribution >= 4 is 0 Å². The van der Waals surface area contributed by atoms with Crippen LogP contribution in [0.2, 0.25) is 0 Å². The first-order chi connectivity index (χ1) is 6.80. The molecule has 2 aliphatic rings. The predicted octanol–water partition coefficient (Wildman–Crippen LogP) is 3.11. The van der Waals surface area contributed by atoms with Crippen LogP contribution >= 0.6 is 0 Å². The molecule has 0 aromatic carbocycles. The van der Waals surface area contributed by atoms with Gasteiger partial charge in [-0.2, -0.15) is 0 Å². The molecule has 1 aliphatic heterocycles. The van der Waals surface area contributed by atoms with E-state index in [4.69, 9.17) is 9.84 Å². The molecule has 1 aliphatic carbocycles. The van der Waals surface area contributed by atoms with Gasteiger partial charge in [0, 0.05) is 5.92 Å². The fraction of sp³-hybridized carbons (Fsp3) is 0.833. The lowest BCUT2D eigenvalue weighted by atomic mass is 10.1. The van der Waals surface area contributed by atoms with E-state index in [0.29, 0.717) is 5.92 Å².